The minimum Gasteiger partial charge on any atom is -0.219 e. The monoisotopic (exact) mass is 194 g/mol. The Morgan fingerprint density at radius 1 is 1.23 bits per heavy atom. The molecule has 0 spiro atoms. The van der Waals surface area contributed by atoms with Crippen LogP contribution in [0.15, 0.2) is 40.1 Å². The highest BCUT2D eigenvalue weighted by molar-refractivity contribution is 7.94. The predicted molar refractivity (Wildman–Crippen MR) is 51.1 cm³/mol. The second kappa shape index (κ2) is 2.70. The Morgan fingerprint density at radius 2 is 1.92 bits per heavy atom. The highest BCUT2D eigenvalue weighted by atomic mass is 32.2. The lowest BCUT2D eigenvalue weighted by atomic mass is 10.1. The van der Waals surface area contributed by atoms with E-state index in [1.54, 1.807) is 12.1 Å². The second-order valence-corrected chi connectivity index (χ2v) is 5.06. The SMILES string of the molecule is CC1=CS(=O)(=O)c2ccccc2C1. The van der Waals surface area contributed by atoms with Gasteiger partial charge in [-0.25, -0.2) is 8.42 Å². The first-order valence-corrected chi connectivity index (χ1v) is 5.64. The zero-order valence-electron chi connectivity index (χ0n) is 7.32. The fourth-order valence-electron chi connectivity index (χ4n) is 1.60. The smallest absolute Gasteiger partial charge is 0.200 e. The maximum Gasteiger partial charge on any atom is 0.200 e. The Hall–Kier alpha value is -1.09. The van der Waals surface area contributed by atoms with Crippen LogP contribution in [-0.2, 0) is 16.3 Å². The lowest BCUT2D eigenvalue weighted by molar-refractivity contribution is 0.602. The Kier molecular flexibility index (Phi) is 1.77. The molecule has 0 saturated carbocycles. The molecule has 0 fully saturated rings. The summed E-state index contributed by atoms with van der Waals surface area (Å²) in [5.41, 5.74) is 1.81. The molecule has 0 bridgehead atoms. The van der Waals surface area contributed by atoms with Crippen molar-refractivity contribution in [3.63, 3.8) is 0 Å². The van der Waals surface area contributed by atoms with E-state index in [2.05, 4.69) is 0 Å². The van der Waals surface area contributed by atoms with Gasteiger partial charge < -0.3 is 0 Å². The number of benzene rings is 1. The molecule has 0 aromatic heterocycles. The topological polar surface area (TPSA) is 34.1 Å². The summed E-state index contributed by atoms with van der Waals surface area (Å²) >= 11 is 0. The van der Waals surface area contributed by atoms with Gasteiger partial charge in [0, 0.05) is 5.41 Å². The molecule has 1 aliphatic rings. The first kappa shape index (κ1) is 8.51. The largest absolute Gasteiger partial charge is 0.219 e. The third kappa shape index (κ3) is 1.40. The number of sulfone groups is 1. The van der Waals surface area contributed by atoms with Crippen molar-refractivity contribution in [3.8, 4) is 0 Å². The van der Waals surface area contributed by atoms with Crippen LogP contribution in [0.5, 0.6) is 0 Å². The zero-order valence-corrected chi connectivity index (χ0v) is 8.14. The predicted octanol–water partition coefficient (Wildman–Crippen LogP) is 1.92. The van der Waals surface area contributed by atoms with Crippen LogP contribution < -0.4 is 0 Å². The third-order valence-electron chi connectivity index (χ3n) is 2.10. The van der Waals surface area contributed by atoms with Crippen molar-refractivity contribution >= 4 is 9.84 Å². The van der Waals surface area contributed by atoms with Gasteiger partial charge in [-0.1, -0.05) is 23.8 Å². The van der Waals surface area contributed by atoms with E-state index in [1.807, 2.05) is 19.1 Å². The molecule has 0 radical (unpaired) electrons. The van der Waals surface area contributed by atoms with Crippen molar-refractivity contribution in [2.24, 2.45) is 0 Å². The molecular weight excluding hydrogens is 184 g/mol. The quantitative estimate of drug-likeness (QED) is 0.632. The fraction of sp³-hybridized carbons (Fsp3) is 0.200. The van der Waals surface area contributed by atoms with Crippen molar-refractivity contribution in [3.05, 3.63) is 40.8 Å². The summed E-state index contributed by atoms with van der Waals surface area (Å²) < 4.78 is 23.2. The van der Waals surface area contributed by atoms with Crippen molar-refractivity contribution in [1.82, 2.24) is 0 Å². The molecule has 68 valence electrons. The number of rotatable bonds is 0. The molecule has 0 N–H and O–H groups in total. The first-order chi connectivity index (χ1) is 6.09. The van der Waals surface area contributed by atoms with Gasteiger partial charge in [0.25, 0.3) is 0 Å². The Bertz CT molecular complexity index is 469. The van der Waals surface area contributed by atoms with Crippen molar-refractivity contribution in [1.29, 1.82) is 0 Å². The van der Waals surface area contributed by atoms with E-state index in [0.717, 1.165) is 17.6 Å². The van der Waals surface area contributed by atoms with Crippen LogP contribution in [-0.4, -0.2) is 8.42 Å². The summed E-state index contributed by atoms with van der Waals surface area (Å²) in [6, 6.07) is 7.15. The van der Waals surface area contributed by atoms with E-state index in [0.29, 0.717) is 4.90 Å². The van der Waals surface area contributed by atoms with Crippen LogP contribution in [0.3, 0.4) is 0 Å². The molecule has 0 saturated heterocycles. The minimum atomic E-state index is -3.15. The highest BCUT2D eigenvalue weighted by Gasteiger charge is 2.20. The molecule has 2 nitrogen and oxygen atoms in total. The van der Waals surface area contributed by atoms with Crippen LogP contribution in [0.4, 0.5) is 0 Å². The van der Waals surface area contributed by atoms with Crippen molar-refractivity contribution < 1.29 is 8.42 Å². The molecule has 1 aliphatic heterocycles. The summed E-state index contributed by atoms with van der Waals surface area (Å²) in [6.07, 6.45) is 0.745. The number of allylic oxidation sites excluding steroid dienone is 1. The molecule has 0 amide bonds. The summed E-state index contributed by atoms with van der Waals surface area (Å²) in [6.45, 7) is 1.84. The summed E-state index contributed by atoms with van der Waals surface area (Å²) in [7, 11) is -3.15. The zero-order chi connectivity index (χ0) is 9.47. The van der Waals surface area contributed by atoms with Crippen LogP contribution in [0.2, 0.25) is 0 Å². The third-order valence-corrected chi connectivity index (χ3v) is 3.83. The molecular formula is C10H10O2S. The number of fused-ring (bicyclic) bond motifs is 1. The molecule has 3 heteroatoms. The highest BCUT2D eigenvalue weighted by Crippen LogP contribution is 2.26. The molecule has 0 aliphatic carbocycles. The summed E-state index contributed by atoms with van der Waals surface area (Å²) in [5, 5.41) is 1.36. The van der Waals surface area contributed by atoms with E-state index >= 15 is 0 Å². The summed E-state index contributed by atoms with van der Waals surface area (Å²) in [5.74, 6) is 0. The van der Waals surface area contributed by atoms with Crippen molar-refractivity contribution in [2.75, 3.05) is 0 Å². The van der Waals surface area contributed by atoms with Crippen LogP contribution >= 0.6 is 0 Å². The van der Waals surface area contributed by atoms with Gasteiger partial charge in [0.2, 0.25) is 0 Å². The molecule has 1 heterocycles. The van der Waals surface area contributed by atoms with Gasteiger partial charge in [-0.15, -0.1) is 0 Å². The summed E-state index contributed by atoms with van der Waals surface area (Å²) in [4.78, 5) is 0.459. The maximum absolute atomic E-state index is 11.6. The van der Waals surface area contributed by atoms with Crippen LogP contribution in [0.1, 0.15) is 12.5 Å². The molecule has 2 rings (SSSR count). The number of hydrogen-bond acceptors (Lipinski definition) is 2. The second-order valence-electron chi connectivity index (χ2n) is 3.29. The molecule has 0 unspecified atom stereocenters. The van der Waals surface area contributed by atoms with Gasteiger partial charge >= 0.3 is 0 Å². The Balaban J connectivity index is 2.73. The lowest BCUT2D eigenvalue weighted by Gasteiger charge is -2.13. The standard InChI is InChI=1S/C10H10O2S/c1-8-6-9-4-2-3-5-10(9)13(11,12)7-8/h2-5,7H,6H2,1H3. The van der Waals surface area contributed by atoms with E-state index in [1.165, 1.54) is 5.41 Å². The van der Waals surface area contributed by atoms with Gasteiger partial charge in [-0.3, -0.25) is 0 Å². The molecule has 1 aromatic carbocycles. The van der Waals surface area contributed by atoms with Gasteiger partial charge in [-0.05, 0) is 25.0 Å². The molecule has 0 atom stereocenters. The van der Waals surface area contributed by atoms with Gasteiger partial charge in [0.15, 0.2) is 9.84 Å². The van der Waals surface area contributed by atoms with Crippen LogP contribution in [0.25, 0.3) is 0 Å². The Labute approximate surface area is 77.8 Å². The van der Waals surface area contributed by atoms with E-state index in [4.69, 9.17) is 0 Å². The maximum atomic E-state index is 11.6. The van der Waals surface area contributed by atoms with Gasteiger partial charge in [0.05, 0.1) is 4.90 Å². The average Bonchev–Trinajstić information content (AvgIpc) is 2.02. The minimum absolute atomic E-state index is 0.459. The lowest BCUT2D eigenvalue weighted by Crippen LogP contribution is -2.08. The Morgan fingerprint density at radius 3 is 2.69 bits per heavy atom. The first-order valence-electron chi connectivity index (χ1n) is 4.10. The van der Waals surface area contributed by atoms with Crippen molar-refractivity contribution in [2.45, 2.75) is 18.2 Å². The van der Waals surface area contributed by atoms with Gasteiger partial charge in [0.1, 0.15) is 0 Å². The van der Waals surface area contributed by atoms with E-state index in [9.17, 15) is 8.42 Å². The van der Waals surface area contributed by atoms with Gasteiger partial charge in [-0.2, -0.15) is 0 Å². The molecule has 1 aromatic rings. The van der Waals surface area contributed by atoms with E-state index < -0.39 is 9.84 Å². The van der Waals surface area contributed by atoms with Crippen LogP contribution in [0, 0.1) is 0 Å². The molecule has 13 heavy (non-hydrogen) atoms. The average molecular weight is 194 g/mol. The fourth-order valence-corrected chi connectivity index (χ4v) is 3.11. The number of hydrogen-bond donors (Lipinski definition) is 0. The normalized spacial score (nSPS) is 19.0. The van der Waals surface area contributed by atoms with E-state index in [-0.39, 0.29) is 0 Å².